The molecule has 0 N–H and O–H groups in total. The van der Waals surface area contributed by atoms with Crippen molar-refractivity contribution in [3.05, 3.63) is 52.7 Å². The lowest BCUT2D eigenvalue weighted by molar-refractivity contribution is -0.137. The van der Waals surface area contributed by atoms with Crippen LogP contribution < -0.4 is 9.47 Å². The molecule has 0 radical (unpaired) electrons. The van der Waals surface area contributed by atoms with E-state index in [0.717, 1.165) is 47.2 Å². The summed E-state index contributed by atoms with van der Waals surface area (Å²) in [6.07, 6.45) is 15.3. The number of piperidine rings is 3. The fourth-order valence-corrected chi connectivity index (χ4v) is 7.57. The van der Waals surface area contributed by atoms with Crippen molar-refractivity contribution in [3.8, 4) is 11.5 Å². The molecule has 37 heavy (non-hydrogen) atoms. The Bertz CT molecular complexity index is 1180. The van der Waals surface area contributed by atoms with Crippen molar-refractivity contribution in [2.45, 2.75) is 57.5 Å². The molecule has 0 bridgehead atoms. The third-order valence-corrected chi connectivity index (χ3v) is 9.18. The lowest BCUT2D eigenvalue weighted by atomic mass is 9.61. The van der Waals surface area contributed by atoms with Gasteiger partial charge in [-0.2, -0.15) is 0 Å². The maximum absolute atomic E-state index is 12.1. The first-order valence-corrected chi connectivity index (χ1v) is 13.8. The summed E-state index contributed by atoms with van der Waals surface area (Å²) in [6.45, 7) is 6.19. The molecular formula is C29H34ClN3O4. The number of halogens is 1. The number of carbonyl (C=O) groups excluding carboxylic acids is 1. The smallest absolute Gasteiger partial charge is 0.358 e. The summed E-state index contributed by atoms with van der Waals surface area (Å²) in [5, 5.41) is 4.74. The minimum Gasteiger partial charge on any atom is -0.454 e. The summed E-state index contributed by atoms with van der Waals surface area (Å²) >= 11 is 6.96. The van der Waals surface area contributed by atoms with Crippen molar-refractivity contribution in [2.75, 3.05) is 26.4 Å². The predicted octanol–water partition coefficient (Wildman–Crippen LogP) is 5.32. The summed E-state index contributed by atoms with van der Waals surface area (Å²) in [5.74, 6) is 1.61. The molecule has 1 aromatic carbocycles. The van der Waals surface area contributed by atoms with Crippen molar-refractivity contribution >= 4 is 29.9 Å². The fourth-order valence-electron chi connectivity index (χ4n) is 7.24. The molecule has 0 amide bonds. The van der Waals surface area contributed by atoms with E-state index in [9.17, 15) is 4.79 Å². The second-order valence-corrected chi connectivity index (χ2v) is 11.4. The normalized spacial score (nSPS) is 31.3. The number of allylic oxidation sites excluding steroid dienone is 3. The van der Waals surface area contributed by atoms with E-state index >= 15 is 0 Å². The highest BCUT2D eigenvalue weighted by Crippen LogP contribution is 2.52. The zero-order valence-electron chi connectivity index (χ0n) is 21.3. The average molecular weight is 524 g/mol. The number of carbonyl (C=O) groups is 1. The molecule has 4 atom stereocenters. The Morgan fingerprint density at radius 2 is 2.05 bits per heavy atom. The van der Waals surface area contributed by atoms with Crippen LogP contribution in [-0.4, -0.2) is 60.5 Å². The number of ether oxygens (including phenoxy) is 2. The topological polar surface area (TPSA) is 63.6 Å². The maximum atomic E-state index is 12.1. The summed E-state index contributed by atoms with van der Waals surface area (Å²) in [7, 11) is 0. The predicted molar refractivity (Wildman–Crippen MR) is 143 cm³/mol. The highest BCUT2D eigenvalue weighted by molar-refractivity contribution is 6.31. The van der Waals surface area contributed by atoms with Crippen LogP contribution in [0.2, 0.25) is 0 Å². The molecule has 0 saturated carbocycles. The van der Waals surface area contributed by atoms with Gasteiger partial charge in [0.1, 0.15) is 5.16 Å². The number of hydrogen-bond acceptors (Lipinski definition) is 7. The first kappa shape index (κ1) is 24.6. The van der Waals surface area contributed by atoms with E-state index < -0.39 is 5.97 Å². The van der Waals surface area contributed by atoms with Crippen molar-refractivity contribution in [1.29, 1.82) is 0 Å². The standard InChI is InChI=1S/C29H34ClN3O4/c1-29-13-5-15-32-14-4-7-22(27(29)32)23-11-10-21(28(30)33(23)18-29)17-31-37-26(34)8-3-2-6-20-9-12-24-25(16-20)36-19-35-24/h2-3,6,8-9,12,16-17,22-23,27H,4-5,7,10-11,13-15,18-19H2,1H3/b6-2+,8-3+,31-17+/t22-,23-,27-,29+/m1/s1. The molecule has 8 heteroatoms. The molecule has 1 aromatic rings. The van der Waals surface area contributed by atoms with Gasteiger partial charge in [-0.3, -0.25) is 4.90 Å². The molecule has 0 aromatic heterocycles. The van der Waals surface area contributed by atoms with Crippen LogP contribution in [0.4, 0.5) is 0 Å². The number of hydrogen-bond donors (Lipinski definition) is 0. The number of benzene rings is 1. The quantitative estimate of drug-likeness (QED) is 0.130. The number of oxime groups is 1. The molecule has 5 heterocycles. The van der Waals surface area contributed by atoms with Crippen LogP contribution >= 0.6 is 11.6 Å². The lowest BCUT2D eigenvalue weighted by Crippen LogP contribution is -2.68. The minimum absolute atomic E-state index is 0.245. The molecule has 196 valence electrons. The molecule has 0 unspecified atom stereocenters. The first-order chi connectivity index (χ1) is 18.0. The summed E-state index contributed by atoms with van der Waals surface area (Å²) in [4.78, 5) is 22.4. The molecule has 0 spiro atoms. The summed E-state index contributed by atoms with van der Waals surface area (Å²) < 4.78 is 10.7. The van der Waals surface area contributed by atoms with E-state index in [1.165, 1.54) is 44.8 Å². The lowest BCUT2D eigenvalue weighted by Gasteiger charge is -2.63. The van der Waals surface area contributed by atoms with Gasteiger partial charge in [0.2, 0.25) is 6.79 Å². The number of nitrogens with zero attached hydrogens (tertiary/aromatic N) is 3. The van der Waals surface area contributed by atoms with E-state index in [0.29, 0.717) is 18.0 Å². The average Bonchev–Trinajstić information content (AvgIpc) is 3.37. The molecular weight excluding hydrogens is 490 g/mol. The molecule has 0 aliphatic carbocycles. The SMILES string of the molecule is C[C@]12CCCN3CCC[C@H]([C@H]4CCC(/C=N/OC(=O)/C=C/C=C/c5ccc6c(c5)OCO6)=C(Cl)N4C1)[C@@H]32. The van der Waals surface area contributed by atoms with Crippen molar-refractivity contribution in [2.24, 2.45) is 16.5 Å². The van der Waals surface area contributed by atoms with E-state index in [1.54, 1.807) is 18.4 Å². The van der Waals surface area contributed by atoms with Crippen molar-refractivity contribution in [1.82, 2.24) is 9.80 Å². The van der Waals surface area contributed by atoms with Gasteiger partial charge >= 0.3 is 5.97 Å². The Balaban J connectivity index is 1.07. The Kier molecular flexibility index (Phi) is 6.76. The highest BCUT2D eigenvalue weighted by Gasteiger charge is 2.55. The zero-order valence-corrected chi connectivity index (χ0v) is 22.0. The van der Waals surface area contributed by atoms with E-state index in [1.807, 2.05) is 24.3 Å². The van der Waals surface area contributed by atoms with E-state index in [-0.39, 0.29) is 12.2 Å². The van der Waals surface area contributed by atoms with Crippen LogP contribution in [0.3, 0.4) is 0 Å². The summed E-state index contributed by atoms with van der Waals surface area (Å²) in [6, 6.07) is 6.86. The van der Waals surface area contributed by atoms with Crippen molar-refractivity contribution in [3.63, 3.8) is 0 Å². The Hall–Kier alpha value is -2.77. The third kappa shape index (κ3) is 4.79. The molecule has 3 fully saturated rings. The number of rotatable bonds is 5. The van der Waals surface area contributed by atoms with E-state index in [2.05, 4.69) is 21.9 Å². The van der Waals surface area contributed by atoms with Crippen LogP contribution in [-0.2, 0) is 9.63 Å². The van der Waals surface area contributed by atoms with Crippen LogP contribution in [0.15, 0.2) is 52.3 Å². The Morgan fingerprint density at radius 3 is 2.97 bits per heavy atom. The molecule has 3 saturated heterocycles. The number of fused-ring (bicyclic) bond motifs is 3. The monoisotopic (exact) mass is 523 g/mol. The molecule has 7 nitrogen and oxygen atoms in total. The molecule has 6 rings (SSSR count). The van der Waals surface area contributed by atoms with Crippen LogP contribution in [0.25, 0.3) is 6.08 Å². The van der Waals surface area contributed by atoms with Gasteiger partial charge in [-0.05, 0) is 75.2 Å². The van der Waals surface area contributed by atoms with Gasteiger partial charge in [0, 0.05) is 35.7 Å². The zero-order chi connectivity index (χ0) is 25.4. The summed E-state index contributed by atoms with van der Waals surface area (Å²) in [5.41, 5.74) is 2.16. The van der Waals surface area contributed by atoms with Gasteiger partial charge in [0.25, 0.3) is 0 Å². The largest absolute Gasteiger partial charge is 0.454 e. The maximum Gasteiger partial charge on any atom is 0.358 e. The molecule has 5 aliphatic heterocycles. The second-order valence-electron chi connectivity index (χ2n) is 11.1. The van der Waals surface area contributed by atoms with E-state index in [4.69, 9.17) is 25.9 Å². The third-order valence-electron chi connectivity index (χ3n) is 8.72. The fraction of sp³-hybridized carbons (Fsp3) is 0.517. The van der Waals surface area contributed by atoms with Crippen LogP contribution in [0.1, 0.15) is 51.0 Å². The van der Waals surface area contributed by atoms with Crippen LogP contribution in [0, 0.1) is 11.3 Å². The van der Waals surface area contributed by atoms with Gasteiger partial charge < -0.3 is 19.2 Å². The Labute approximate surface area is 223 Å². The highest BCUT2D eigenvalue weighted by atomic mass is 35.5. The van der Waals surface area contributed by atoms with Gasteiger partial charge in [-0.25, -0.2) is 4.79 Å². The first-order valence-electron chi connectivity index (χ1n) is 13.4. The minimum atomic E-state index is -0.533. The van der Waals surface area contributed by atoms with Gasteiger partial charge in [-0.1, -0.05) is 48.0 Å². The van der Waals surface area contributed by atoms with Gasteiger partial charge in [-0.15, -0.1) is 0 Å². The van der Waals surface area contributed by atoms with Crippen LogP contribution in [0.5, 0.6) is 11.5 Å². The van der Waals surface area contributed by atoms with Gasteiger partial charge in [0.15, 0.2) is 11.5 Å². The second kappa shape index (κ2) is 10.2. The van der Waals surface area contributed by atoms with Crippen molar-refractivity contribution < 1.29 is 19.1 Å². The van der Waals surface area contributed by atoms with Gasteiger partial charge in [0.05, 0.1) is 6.21 Å². The molecule has 5 aliphatic rings. The Morgan fingerprint density at radius 1 is 1.19 bits per heavy atom.